The second-order valence-corrected chi connectivity index (χ2v) is 8.43. The Morgan fingerprint density at radius 3 is 2.73 bits per heavy atom. The summed E-state index contributed by atoms with van der Waals surface area (Å²) in [5, 5.41) is 11.3. The molecule has 0 radical (unpaired) electrons. The molecule has 154 valence electrons. The van der Waals surface area contributed by atoms with E-state index in [2.05, 4.69) is 15.2 Å². The zero-order valence-corrected chi connectivity index (χ0v) is 18.4. The number of rotatable bonds is 8. The van der Waals surface area contributed by atoms with Crippen LogP contribution in [0.5, 0.6) is 5.75 Å². The van der Waals surface area contributed by atoms with Gasteiger partial charge in [-0.25, -0.2) is 4.98 Å². The number of aromatic nitrogens is 4. The molecule has 9 heteroatoms. The third kappa shape index (κ3) is 4.31. The molecule has 0 bridgehead atoms. The van der Waals surface area contributed by atoms with Crippen molar-refractivity contribution in [3.05, 3.63) is 70.3 Å². The highest BCUT2D eigenvalue weighted by atomic mass is 32.2. The summed E-state index contributed by atoms with van der Waals surface area (Å²) in [5.41, 5.74) is 3.60. The minimum Gasteiger partial charge on any atom is -0.497 e. The van der Waals surface area contributed by atoms with Gasteiger partial charge in [0, 0.05) is 28.5 Å². The Labute approximate surface area is 182 Å². The lowest BCUT2D eigenvalue weighted by molar-refractivity contribution is 0.102. The van der Waals surface area contributed by atoms with Gasteiger partial charge in [-0.05, 0) is 37.6 Å². The van der Waals surface area contributed by atoms with Gasteiger partial charge in [0.1, 0.15) is 5.75 Å². The van der Waals surface area contributed by atoms with Crippen LogP contribution in [0.2, 0.25) is 0 Å². The zero-order valence-electron chi connectivity index (χ0n) is 16.8. The summed E-state index contributed by atoms with van der Waals surface area (Å²) in [6.45, 7) is 3.91. The molecule has 1 aromatic carbocycles. The first-order valence-corrected chi connectivity index (χ1v) is 11.1. The Balaban J connectivity index is 1.39. The number of thioether (sulfide) groups is 1. The molecule has 4 aromatic rings. The van der Waals surface area contributed by atoms with E-state index < -0.39 is 0 Å². The van der Waals surface area contributed by atoms with E-state index in [1.165, 1.54) is 11.8 Å². The van der Waals surface area contributed by atoms with Crippen molar-refractivity contribution in [2.24, 2.45) is 0 Å². The minimum atomic E-state index is 0.0193. The molecule has 30 heavy (non-hydrogen) atoms. The highest BCUT2D eigenvalue weighted by molar-refractivity contribution is 7.99. The van der Waals surface area contributed by atoms with Crippen molar-refractivity contribution in [2.75, 3.05) is 12.9 Å². The van der Waals surface area contributed by atoms with Crippen LogP contribution < -0.4 is 4.74 Å². The summed E-state index contributed by atoms with van der Waals surface area (Å²) in [7, 11) is 1.63. The largest absolute Gasteiger partial charge is 0.497 e. The van der Waals surface area contributed by atoms with Crippen molar-refractivity contribution >= 4 is 28.9 Å². The van der Waals surface area contributed by atoms with Gasteiger partial charge in [-0.2, -0.15) is 0 Å². The van der Waals surface area contributed by atoms with Crippen LogP contribution in [0.15, 0.2) is 51.5 Å². The van der Waals surface area contributed by atoms with Gasteiger partial charge in [0.05, 0.1) is 19.3 Å². The molecule has 3 heterocycles. The number of nitrogens with zero attached hydrogens (tertiary/aromatic N) is 4. The third-order valence-corrected chi connectivity index (χ3v) is 6.21. The standard InChI is InChI=1S/C21H20N4O3S2/c1-13-10-17(14(2)25(13)20-22-8-9-29-20)18(26)12-30-21-24-23-19(28-21)11-15-4-6-16(27-3)7-5-15/h4-10H,11-12H2,1-3H3. The van der Waals surface area contributed by atoms with Gasteiger partial charge < -0.3 is 9.15 Å². The van der Waals surface area contributed by atoms with Crippen molar-refractivity contribution in [1.82, 2.24) is 19.7 Å². The summed E-state index contributed by atoms with van der Waals surface area (Å²) >= 11 is 2.79. The highest BCUT2D eigenvalue weighted by Gasteiger charge is 2.19. The number of ketones is 1. The molecule has 0 fully saturated rings. The lowest BCUT2D eigenvalue weighted by atomic mass is 10.1. The molecule has 0 spiro atoms. The van der Waals surface area contributed by atoms with E-state index in [0.29, 0.717) is 23.1 Å². The Morgan fingerprint density at radius 2 is 2.03 bits per heavy atom. The van der Waals surface area contributed by atoms with E-state index in [1.807, 2.05) is 54.1 Å². The Morgan fingerprint density at radius 1 is 1.23 bits per heavy atom. The van der Waals surface area contributed by atoms with Gasteiger partial charge in [-0.1, -0.05) is 23.9 Å². The van der Waals surface area contributed by atoms with Gasteiger partial charge in [0.25, 0.3) is 5.22 Å². The van der Waals surface area contributed by atoms with Crippen LogP contribution in [-0.4, -0.2) is 38.4 Å². The van der Waals surface area contributed by atoms with Gasteiger partial charge >= 0.3 is 0 Å². The predicted octanol–water partition coefficient (Wildman–Crippen LogP) is 4.51. The maximum absolute atomic E-state index is 12.8. The van der Waals surface area contributed by atoms with Gasteiger partial charge in [0.15, 0.2) is 10.9 Å². The van der Waals surface area contributed by atoms with Crippen LogP contribution in [-0.2, 0) is 6.42 Å². The quantitative estimate of drug-likeness (QED) is 0.294. The average molecular weight is 441 g/mol. The van der Waals surface area contributed by atoms with Crippen LogP contribution in [0.4, 0.5) is 0 Å². The van der Waals surface area contributed by atoms with Crippen LogP contribution >= 0.6 is 23.1 Å². The van der Waals surface area contributed by atoms with Crippen molar-refractivity contribution in [1.29, 1.82) is 0 Å². The minimum absolute atomic E-state index is 0.0193. The number of benzene rings is 1. The molecule has 4 rings (SSSR count). The summed E-state index contributed by atoms with van der Waals surface area (Å²) in [4.78, 5) is 17.1. The first-order valence-electron chi connectivity index (χ1n) is 9.25. The Hall–Kier alpha value is -2.91. The normalized spacial score (nSPS) is 11.0. The maximum atomic E-state index is 12.8. The lowest BCUT2D eigenvalue weighted by Gasteiger charge is -2.05. The monoisotopic (exact) mass is 440 g/mol. The molecule has 0 N–H and O–H groups in total. The summed E-state index contributed by atoms with van der Waals surface area (Å²) < 4.78 is 12.9. The Bertz CT molecular complexity index is 1150. The van der Waals surface area contributed by atoms with Gasteiger partial charge in [-0.15, -0.1) is 21.5 Å². The van der Waals surface area contributed by atoms with Crippen molar-refractivity contribution in [3.63, 3.8) is 0 Å². The topological polar surface area (TPSA) is 83.0 Å². The fraction of sp³-hybridized carbons (Fsp3) is 0.238. The molecule has 0 unspecified atom stereocenters. The molecule has 0 saturated heterocycles. The number of hydrogen-bond acceptors (Lipinski definition) is 8. The molecule has 7 nitrogen and oxygen atoms in total. The summed E-state index contributed by atoms with van der Waals surface area (Å²) in [6, 6.07) is 9.60. The SMILES string of the molecule is COc1ccc(Cc2nnc(SCC(=O)c3cc(C)n(-c4nccs4)c3C)o2)cc1. The molecule has 3 aromatic heterocycles. The molecule has 0 aliphatic carbocycles. The molecular formula is C21H20N4O3S2. The molecule has 0 saturated carbocycles. The predicted molar refractivity (Wildman–Crippen MR) is 116 cm³/mol. The summed E-state index contributed by atoms with van der Waals surface area (Å²) in [5.74, 6) is 1.56. The van der Waals surface area contributed by atoms with Gasteiger partial charge in [0.2, 0.25) is 5.89 Å². The molecular weight excluding hydrogens is 420 g/mol. The van der Waals surface area contributed by atoms with Gasteiger partial charge in [-0.3, -0.25) is 9.36 Å². The number of hydrogen-bond donors (Lipinski definition) is 0. The fourth-order valence-corrected chi connectivity index (χ4v) is 4.57. The van der Waals surface area contributed by atoms with E-state index in [0.717, 1.165) is 27.8 Å². The van der Waals surface area contributed by atoms with Crippen molar-refractivity contribution < 1.29 is 13.9 Å². The number of Topliss-reactive ketones (excluding diaryl/α,β-unsaturated/α-hetero) is 1. The highest BCUT2D eigenvalue weighted by Crippen LogP contribution is 2.25. The zero-order chi connectivity index (χ0) is 21.1. The second kappa shape index (κ2) is 8.85. The first-order chi connectivity index (χ1) is 14.5. The number of aryl methyl sites for hydroxylation is 1. The number of thiazole rings is 1. The average Bonchev–Trinajstić information content (AvgIpc) is 3.48. The number of ether oxygens (including phenoxy) is 1. The van der Waals surface area contributed by atoms with Crippen molar-refractivity contribution in [3.8, 4) is 10.9 Å². The van der Waals surface area contributed by atoms with E-state index in [9.17, 15) is 4.79 Å². The first kappa shape index (κ1) is 20.4. The van der Waals surface area contributed by atoms with E-state index in [1.54, 1.807) is 24.6 Å². The summed E-state index contributed by atoms with van der Waals surface area (Å²) in [6.07, 6.45) is 2.29. The second-order valence-electron chi connectivity index (χ2n) is 6.63. The Kier molecular flexibility index (Phi) is 6.01. The number of methoxy groups -OCH3 is 1. The van der Waals surface area contributed by atoms with Crippen LogP contribution in [0.1, 0.15) is 33.2 Å². The van der Waals surface area contributed by atoms with E-state index >= 15 is 0 Å². The van der Waals surface area contributed by atoms with Crippen LogP contribution in [0.25, 0.3) is 5.13 Å². The van der Waals surface area contributed by atoms with E-state index in [-0.39, 0.29) is 11.5 Å². The van der Waals surface area contributed by atoms with Crippen molar-refractivity contribution in [2.45, 2.75) is 25.5 Å². The number of carbonyl (C=O) groups excluding carboxylic acids is 1. The molecule has 0 atom stereocenters. The van der Waals surface area contributed by atoms with Crippen LogP contribution in [0, 0.1) is 13.8 Å². The van der Waals surface area contributed by atoms with Crippen LogP contribution in [0.3, 0.4) is 0 Å². The lowest BCUT2D eigenvalue weighted by Crippen LogP contribution is -2.05. The fourth-order valence-electron chi connectivity index (χ4n) is 3.16. The smallest absolute Gasteiger partial charge is 0.277 e. The van der Waals surface area contributed by atoms with E-state index in [4.69, 9.17) is 9.15 Å². The number of carbonyl (C=O) groups is 1. The maximum Gasteiger partial charge on any atom is 0.277 e. The molecule has 0 aliphatic heterocycles. The third-order valence-electron chi connectivity index (χ3n) is 4.63. The molecule has 0 amide bonds. The molecule has 0 aliphatic rings.